The highest BCUT2D eigenvalue weighted by molar-refractivity contribution is 6.41. The molecule has 0 spiro atoms. The first-order chi connectivity index (χ1) is 19.2. The monoisotopic (exact) mass is 603 g/mol. The van der Waals surface area contributed by atoms with Crippen molar-refractivity contribution in [1.82, 2.24) is 14.9 Å². The number of benzene rings is 2. The Morgan fingerprint density at radius 1 is 1.10 bits per heavy atom. The molecule has 3 aromatic rings. The van der Waals surface area contributed by atoms with E-state index in [-0.39, 0.29) is 11.8 Å². The Morgan fingerprint density at radius 3 is 2.27 bits per heavy atom. The molecule has 4 rings (SSSR count). The predicted octanol–water partition coefficient (Wildman–Crippen LogP) is 5.78. The van der Waals surface area contributed by atoms with Crippen molar-refractivity contribution in [3.63, 3.8) is 0 Å². The molecule has 1 aromatic heterocycles. The smallest absolute Gasteiger partial charge is 0.405 e. The summed E-state index contributed by atoms with van der Waals surface area (Å²) in [6.45, 7) is 5.87. The first-order valence-electron chi connectivity index (χ1n) is 13.1. The van der Waals surface area contributed by atoms with Crippen LogP contribution in [0.3, 0.4) is 0 Å². The maximum absolute atomic E-state index is 13.0. The van der Waals surface area contributed by atoms with Crippen molar-refractivity contribution in [1.29, 1.82) is 0 Å². The molecule has 41 heavy (non-hydrogen) atoms. The van der Waals surface area contributed by atoms with Crippen LogP contribution in [0.2, 0.25) is 10.0 Å². The van der Waals surface area contributed by atoms with Crippen LogP contribution < -0.4 is 20.5 Å². The third-order valence-electron chi connectivity index (χ3n) is 7.72. The van der Waals surface area contributed by atoms with Gasteiger partial charge in [-0.2, -0.15) is 0 Å². The van der Waals surface area contributed by atoms with Gasteiger partial charge in [0.25, 0.3) is 0 Å². The molecule has 2 amide bonds. The largest absolute Gasteiger partial charge is 0.495 e. The average molecular weight is 605 g/mol. The van der Waals surface area contributed by atoms with Gasteiger partial charge in [-0.1, -0.05) is 50.0 Å². The molecule has 1 aliphatic rings. The number of halogens is 2. The Balaban J connectivity index is 1.72. The molecule has 1 fully saturated rings. The van der Waals surface area contributed by atoms with E-state index in [4.69, 9.17) is 48.1 Å². The molecule has 1 saturated carbocycles. The van der Waals surface area contributed by atoms with Gasteiger partial charge < -0.3 is 30.2 Å². The van der Waals surface area contributed by atoms with E-state index in [1.807, 2.05) is 39.0 Å². The number of hydrogen-bond donors (Lipinski definition) is 2. The van der Waals surface area contributed by atoms with Crippen molar-refractivity contribution < 1.29 is 23.8 Å². The highest BCUT2D eigenvalue weighted by atomic mass is 35.5. The summed E-state index contributed by atoms with van der Waals surface area (Å²) in [5.74, 6) is 0.769. The van der Waals surface area contributed by atoms with Gasteiger partial charge in [-0.25, -0.2) is 14.8 Å². The summed E-state index contributed by atoms with van der Waals surface area (Å²) in [5.41, 5.74) is 5.86. The van der Waals surface area contributed by atoms with Gasteiger partial charge >= 0.3 is 6.09 Å². The Morgan fingerprint density at radius 2 is 1.73 bits per heavy atom. The van der Waals surface area contributed by atoms with Crippen LogP contribution in [-0.2, 0) is 9.53 Å². The number of ether oxygens (including phenoxy) is 3. The lowest BCUT2D eigenvalue weighted by Gasteiger charge is -2.45. The number of nitrogens with zero attached hydrogens (tertiary/aromatic N) is 3. The molecule has 1 aliphatic carbocycles. The third-order valence-corrected chi connectivity index (χ3v) is 8.47. The Labute approximate surface area is 249 Å². The zero-order valence-electron chi connectivity index (χ0n) is 24.2. The number of fused-ring (bicyclic) bond motifs is 1. The van der Waals surface area contributed by atoms with Gasteiger partial charge in [0.1, 0.15) is 17.1 Å². The van der Waals surface area contributed by atoms with Gasteiger partial charge in [0, 0.05) is 55.1 Å². The fourth-order valence-corrected chi connectivity index (χ4v) is 6.34. The van der Waals surface area contributed by atoms with E-state index >= 15 is 0 Å². The fourth-order valence-electron chi connectivity index (χ4n) is 5.62. The summed E-state index contributed by atoms with van der Waals surface area (Å²) in [6.07, 6.45) is 1.51. The predicted molar refractivity (Wildman–Crippen MR) is 160 cm³/mol. The highest BCUT2D eigenvalue weighted by Crippen LogP contribution is 2.50. The van der Waals surface area contributed by atoms with Crippen LogP contribution in [0.1, 0.15) is 33.6 Å². The van der Waals surface area contributed by atoms with Crippen molar-refractivity contribution in [2.75, 3.05) is 33.6 Å². The van der Waals surface area contributed by atoms with E-state index in [2.05, 4.69) is 10.3 Å². The molecule has 0 saturated heterocycles. The first-order valence-corrected chi connectivity index (χ1v) is 13.8. The number of aromatic nitrogens is 2. The molecule has 220 valence electrons. The first kappa shape index (κ1) is 30.5. The standard InChI is InChI=1S/C29H35Cl2N5O5/c1-28(2,3)29(41-26(32)38)13-16(25(37)36(4)5)11-21(29)35-27-33-14-17-10-15(8-9-18(17)34-27)22-23(30)19(39-6)12-20(40-7)24(22)31/h8-10,12,14,16,21H,11,13H2,1-7H3,(H2,32,38)(H,33,34,35)/t16-,21-,29+/m1/s1. The number of carbonyl (C=O) groups excluding carboxylic acids is 2. The number of anilines is 1. The van der Waals surface area contributed by atoms with E-state index in [1.54, 1.807) is 31.3 Å². The molecule has 2 aromatic carbocycles. The van der Waals surface area contributed by atoms with Crippen LogP contribution >= 0.6 is 23.2 Å². The third kappa shape index (κ3) is 5.67. The number of carbonyl (C=O) groups is 2. The molecule has 3 atom stereocenters. The lowest BCUT2D eigenvalue weighted by molar-refractivity contribution is -0.134. The van der Waals surface area contributed by atoms with Crippen LogP contribution in [0.25, 0.3) is 22.0 Å². The number of nitrogens with one attached hydrogen (secondary N) is 1. The normalized spacial score (nSPS) is 20.5. The topological polar surface area (TPSA) is 129 Å². The highest BCUT2D eigenvalue weighted by Gasteiger charge is 2.59. The van der Waals surface area contributed by atoms with Crippen LogP contribution in [0.5, 0.6) is 11.5 Å². The summed E-state index contributed by atoms with van der Waals surface area (Å²) >= 11 is 13.2. The summed E-state index contributed by atoms with van der Waals surface area (Å²) in [6, 6.07) is 6.72. The van der Waals surface area contributed by atoms with Gasteiger partial charge in [-0.05, 0) is 24.1 Å². The van der Waals surface area contributed by atoms with Crippen LogP contribution in [0.4, 0.5) is 10.7 Å². The zero-order chi connectivity index (χ0) is 30.3. The number of methoxy groups -OCH3 is 2. The molecule has 0 aliphatic heterocycles. The van der Waals surface area contributed by atoms with Gasteiger partial charge in [0.2, 0.25) is 11.9 Å². The Hall–Kier alpha value is -3.50. The maximum atomic E-state index is 13.0. The molecule has 0 unspecified atom stereocenters. The quantitative estimate of drug-likeness (QED) is 0.347. The number of hydrogen-bond acceptors (Lipinski definition) is 8. The van der Waals surface area contributed by atoms with Gasteiger partial charge in [-0.15, -0.1) is 0 Å². The SMILES string of the molecule is COc1cc(OC)c(Cl)c(-c2ccc3nc(N[C@@H]4C[C@@H](C(=O)N(C)C)C[C@@]4(OC(N)=O)C(C)(C)C)ncc3c2)c1Cl. The minimum absolute atomic E-state index is 0.0468. The Kier molecular flexibility index (Phi) is 8.47. The van der Waals surface area contributed by atoms with E-state index < -0.39 is 23.2 Å². The second kappa shape index (κ2) is 11.4. The van der Waals surface area contributed by atoms with Crippen LogP contribution in [0.15, 0.2) is 30.5 Å². The molecule has 3 N–H and O–H groups in total. The number of amides is 2. The fraction of sp³-hybridized carbons (Fsp3) is 0.448. The summed E-state index contributed by atoms with van der Waals surface area (Å²) < 4.78 is 16.6. The van der Waals surface area contributed by atoms with Crippen molar-refractivity contribution >= 4 is 52.1 Å². The minimum Gasteiger partial charge on any atom is -0.495 e. The summed E-state index contributed by atoms with van der Waals surface area (Å²) in [7, 11) is 6.46. The molecule has 1 heterocycles. The van der Waals surface area contributed by atoms with Crippen molar-refractivity contribution in [3.05, 3.63) is 40.5 Å². The molecular formula is C29H35Cl2N5O5. The Bertz CT molecular complexity index is 1460. The molecular weight excluding hydrogens is 569 g/mol. The lowest BCUT2D eigenvalue weighted by atomic mass is 9.72. The number of primary amides is 1. The van der Waals surface area contributed by atoms with Crippen LogP contribution in [0, 0.1) is 11.3 Å². The van der Waals surface area contributed by atoms with E-state index in [1.165, 1.54) is 14.2 Å². The van der Waals surface area contributed by atoms with Gasteiger partial charge in [0.15, 0.2) is 0 Å². The second-order valence-corrected chi connectivity index (χ2v) is 12.1. The van der Waals surface area contributed by atoms with Crippen molar-refractivity contribution in [3.8, 4) is 22.6 Å². The van der Waals surface area contributed by atoms with E-state index in [0.29, 0.717) is 51.4 Å². The molecule has 12 heteroatoms. The number of nitrogens with two attached hydrogens (primary N) is 1. The number of rotatable bonds is 7. The van der Waals surface area contributed by atoms with Crippen molar-refractivity contribution in [2.24, 2.45) is 17.1 Å². The minimum atomic E-state index is -1.07. The summed E-state index contributed by atoms with van der Waals surface area (Å²) in [5, 5.41) is 4.80. The second-order valence-electron chi connectivity index (χ2n) is 11.4. The van der Waals surface area contributed by atoms with E-state index in [9.17, 15) is 9.59 Å². The van der Waals surface area contributed by atoms with Gasteiger partial charge in [-0.3, -0.25) is 4.79 Å². The average Bonchev–Trinajstić information content (AvgIpc) is 3.26. The molecule has 10 nitrogen and oxygen atoms in total. The van der Waals surface area contributed by atoms with Crippen LogP contribution in [-0.4, -0.2) is 66.8 Å². The van der Waals surface area contributed by atoms with Crippen molar-refractivity contribution in [2.45, 2.75) is 45.3 Å². The lowest BCUT2D eigenvalue weighted by Crippen LogP contribution is -2.56. The van der Waals surface area contributed by atoms with E-state index in [0.717, 1.165) is 10.9 Å². The van der Waals surface area contributed by atoms with Gasteiger partial charge in [0.05, 0.1) is 35.8 Å². The zero-order valence-corrected chi connectivity index (χ0v) is 25.7. The summed E-state index contributed by atoms with van der Waals surface area (Å²) in [4.78, 5) is 35.8. The maximum Gasteiger partial charge on any atom is 0.405 e. The molecule has 0 bridgehead atoms. The molecule has 0 radical (unpaired) electrons.